The van der Waals surface area contributed by atoms with Crippen LogP contribution in [0.2, 0.25) is 0 Å². The number of amides is 2. The molecular formula is C15H16N4O2. The molecule has 2 aromatic heterocycles. The van der Waals surface area contributed by atoms with Crippen molar-refractivity contribution in [2.24, 2.45) is 5.92 Å². The molecule has 2 aliphatic carbocycles. The highest BCUT2D eigenvalue weighted by molar-refractivity contribution is 6.00. The van der Waals surface area contributed by atoms with E-state index in [-0.39, 0.29) is 17.7 Å². The first kappa shape index (κ1) is 12.4. The number of aromatic nitrogens is 2. The Balaban J connectivity index is 1.59. The third-order valence-corrected chi connectivity index (χ3v) is 3.98. The molecule has 2 aromatic rings. The van der Waals surface area contributed by atoms with Gasteiger partial charge in [0.05, 0.1) is 5.52 Å². The van der Waals surface area contributed by atoms with Crippen LogP contribution in [-0.4, -0.2) is 21.2 Å². The quantitative estimate of drug-likeness (QED) is 0.836. The van der Waals surface area contributed by atoms with Crippen molar-refractivity contribution >= 4 is 17.3 Å². The fourth-order valence-corrected chi connectivity index (χ4v) is 2.48. The summed E-state index contributed by atoms with van der Waals surface area (Å²) in [5, 5.41) is 0. The third-order valence-electron chi connectivity index (χ3n) is 3.98. The topological polar surface area (TPSA) is 75.5 Å². The molecule has 6 nitrogen and oxygen atoms in total. The molecule has 0 unspecified atom stereocenters. The second kappa shape index (κ2) is 4.58. The van der Waals surface area contributed by atoms with Gasteiger partial charge in [0.25, 0.3) is 5.91 Å². The number of nitrogens with one attached hydrogen (secondary N) is 2. The highest BCUT2D eigenvalue weighted by Crippen LogP contribution is 2.39. The fourth-order valence-electron chi connectivity index (χ4n) is 2.48. The lowest BCUT2D eigenvalue weighted by Crippen LogP contribution is -2.42. The van der Waals surface area contributed by atoms with Crippen LogP contribution in [0.3, 0.4) is 0 Å². The van der Waals surface area contributed by atoms with Crippen LogP contribution in [0, 0.1) is 5.92 Å². The summed E-state index contributed by atoms with van der Waals surface area (Å²) in [5.74, 6) is 0.965. The lowest BCUT2D eigenvalue weighted by atomic mass is 10.3. The summed E-state index contributed by atoms with van der Waals surface area (Å²) in [6.45, 7) is 0. The number of carbonyl (C=O) groups excluding carboxylic acids is 2. The molecule has 0 spiro atoms. The van der Waals surface area contributed by atoms with Gasteiger partial charge in [-0.2, -0.15) is 0 Å². The normalized spacial score (nSPS) is 17.7. The number of rotatable bonds is 3. The maximum absolute atomic E-state index is 12.3. The molecule has 0 atom stereocenters. The maximum atomic E-state index is 12.3. The number of imidazole rings is 1. The van der Waals surface area contributed by atoms with E-state index in [2.05, 4.69) is 15.8 Å². The molecule has 2 N–H and O–H groups in total. The van der Waals surface area contributed by atoms with E-state index in [1.807, 2.05) is 28.8 Å². The van der Waals surface area contributed by atoms with E-state index in [1.165, 1.54) is 0 Å². The second-order valence-electron chi connectivity index (χ2n) is 5.77. The van der Waals surface area contributed by atoms with Crippen LogP contribution in [0.1, 0.15) is 47.9 Å². The molecular weight excluding hydrogens is 268 g/mol. The van der Waals surface area contributed by atoms with Crippen molar-refractivity contribution in [2.45, 2.75) is 31.6 Å². The first-order valence-electron chi connectivity index (χ1n) is 7.31. The zero-order valence-corrected chi connectivity index (χ0v) is 11.5. The number of fused-ring (bicyclic) bond motifs is 1. The van der Waals surface area contributed by atoms with Crippen molar-refractivity contribution in [1.82, 2.24) is 20.2 Å². The van der Waals surface area contributed by atoms with Gasteiger partial charge in [-0.1, -0.05) is 6.07 Å². The Morgan fingerprint density at radius 2 is 1.95 bits per heavy atom. The van der Waals surface area contributed by atoms with Gasteiger partial charge in [-0.15, -0.1) is 0 Å². The van der Waals surface area contributed by atoms with E-state index in [9.17, 15) is 9.59 Å². The fraction of sp³-hybridized carbons (Fsp3) is 0.400. The third kappa shape index (κ3) is 2.26. The van der Waals surface area contributed by atoms with E-state index in [1.54, 1.807) is 0 Å². The number of hydrazine groups is 1. The van der Waals surface area contributed by atoms with Gasteiger partial charge in [0.15, 0.2) is 5.69 Å². The Bertz CT molecular complexity index is 728. The average molecular weight is 284 g/mol. The summed E-state index contributed by atoms with van der Waals surface area (Å²) in [4.78, 5) is 28.3. The molecule has 2 heterocycles. The largest absolute Gasteiger partial charge is 0.303 e. The molecule has 0 saturated heterocycles. The minimum Gasteiger partial charge on any atom is -0.303 e. The van der Waals surface area contributed by atoms with Crippen molar-refractivity contribution in [1.29, 1.82) is 0 Å². The van der Waals surface area contributed by atoms with Gasteiger partial charge in [0.1, 0.15) is 5.82 Å². The molecule has 4 rings (SSSR count). The summed E-state index contributed by atoms with van der Waals surface area (Å²) in [5.41, 5.74) is 6.09. The molecule has 0 aromatic carbocycles. The van der Waals surface area contributed by atoms with Gasteiger partial charge >= 0.3 is 0 Å². The molecule has 2 saturated carbocycles. The summed E-state index contributed by atoms with van der Waals surface area (Å²) >= 11 is 0. The Kier molecular flexibility index (Phi) is 2.70. The molecule has 2 aliphatic rings. The summed E-state index contributed by atoms with van der Waals surface area (Å²) < 4.78 is 1.97. The predicted molar refractivity (Wildman–Crippen MR) is 75.5 cm³/mol. The molecule has 21 heavy (non-hydrogen) atoms. The number of carbonyl (C=O) groups is 2. The zero-order valence-electron chi connectivity index (χ0n) is 11.5. The number of nitrogens with zero attached hydrogens (tertiary/aromatic N) is 2. The molecule has 0 radical (unpaired) electrons. The van der Waals surface area contributed by atoms with Crippen molar-refractivity contribution in [2.75, 3.05) is 0 Å². The number of pyridine rings is 1. The molecule has 0 bridgehead atoms. The predicted octanol–water partition coefficient (Wildman–Crippen LogP) is 1.38. The standard InChI is InChI=1S/C15H16N4O2/c20-14(10-6-7-10)17-18-15(21)12-11-3-1-2-8-19(11)13(16-12)9-4-5-9/h1-3,8-10H,4-7H2,(H,17,20)(H,18,21). The maximum Gasteiger partial charge on any atom is 0.290 e. The molecule has 108 valence electrons. The summed E-state index contributed by atoms with van der Waals surface area (Å²) in [7, 11) is 0. The monoisotopic (exact) mass is 284 g/mol. The van der Waals surface area contributed by atoms with Crippen molar-refractivity contribution in [3.63, 3.8) is 0 Å². The van der Waals surface area contributed by atoms with Crippen LogP contribution < -0.4 is 10.9 Å². The highest BCUT2D eigenvalue weighted by Gasteiger charge is 2.32. The van der Waals surface area contributed by atoms with Crippen molar-refractivity contribution in [3.05, 3.63) is 35.9 Å². The van der Waals surface area contributed by atoms with Crippen LogP contribution in [-0.2, 0) is 4.79 Å². The Labute approximate surface area is 121 Å². The van der Waals surface area contributed by atoms with E-state index >= 15 is 0 Å². The van der Waals surface area contributed by atoms with Gasteiger partial charge in [-0.25, -0.2) is 4.98 Å². The highest BCUT2D eigenvalue weighted by atomic mass is 16.2. The minimum absolute atomic E-state index is 0.0612. The van der Waals surface area contributed by atoms with Gasteiger partial charge < -0.3 is 4.40 Å². The molecule has 2 amide bonds. The van der Waals surface area contributed by atoms with Gasteiger partial charge in [-0.05, 0) is 37.8 Å². The van der Waals surface area contributed by atoms with Gasteiger partial charge in [0.2, 0.25) is 5.91 Å². The van der Waals surface area contributed by atoms with Crippen molar-refractivity contribution in [3.8, 4) is 0 Å². The molecule has 6 heteroatoms. The molecule has 0 aliphatic heterocycles. The zero-order chi connectivity index (χ0) is 14.4. The van der Waals surface area contributed by atoms with Crippen LogP contribution in [0.15, 0.2) is 24.4 Å². The summed E-state index contributed by atoms with van der Waals surface area (Å²) in [6.07, 6.45) is 5.97. The number of hydrogen-bond acceptors (Lipinski definition) is 3. The minimum atomic E-state index is -0.361. The SMILES string of the molecule is O=C(NNC(=O)C1CC1)c1nc(C2CC2)n2ccccc12. The smallest absolute Gasteiger partial charge is 0.290 e. The van der Waals surface area contributed by atoms with E-state index in [0.717, 1.165) is 37.0 Å². The van der Waals surface area contributed by atoms with Crippen LogP contribution in [0.25, 0.3) is 5.52 Å². The lowest BCUT2D eigenvalue weighted by molar-refractivity contribution is -0.123. The van der Waals surface area contributed by atoms with Gasteiger partial charge in [-0.3, -0.25) is 20.4 Å². The van der Waals surface area contributed by atoms with Crippen LogP contribution in [0.5, 0.6) is 0 Å². The van der Waals surface area contributed by atoms with Gasteiger partial charge in [0, 0.05) is 18.0 Å². The Hall–Kier alpha value is -2.37. The van der Waals surface area contributed by atoms with E-state index < -0.39 is 0 Å². The van der Waals surface area contributed by atoms with Crippen LogP contribution in [0.4, 0.5) is 0 Å². The summed E-state index contributed by atoms with van der Waals surface area (Å²) in [6, 6.07) is 5.68. The van der Waals surface area contributed by atoms with Crippen LogP contribution >= 0.6 is 0 Å². The van der Waals surface area contributed by atoms with Crippen molar-refractivity contribution < 1.29 is 9.59 Å². The number of hydrogen-bond donors (Lipinski definition) is 2. The van der Waals surface area contributed by atoms with E-state index in [0.29, 0.717) is 11.6 Å². The Morgan fingerprint density at radius 1 is 1.14 bits per heavy atom. The molecule has 2 fully saturated rings. The van der Waals surface area contributed by atoms with E-state index in [4.69, 9.17) is 0 Å². The second-order valence-corrected chi connectivity index (χ2v) is 5.77. The average Bonchev–Trinajstić information content (AvgIpc) is 3.40. The first-order valence-corrected chi connectivity index (χ1v) is 7.31. The Morgan fingerprint density at radius 3 is 2.67 bits per heavy atom. The first-order chi connectivity index (χ1) is 10.2. The lowest BCUT2D eigenvalue weighted by Gasteiger charge is -2.04.